The number of likely N-dealkylation sites (N-methyl/N-ethyl adjacent to an activating group) is 1. The molecule has 7 heteroatoms. The first-order valence-electron chi connectivity index (χ1n) is 6.67. The summed E-state index contributed by atoms with van der Waals surface area (Å²) < 4.78 is 37.6. The molecule has 1 amide bonds. The van der Waals surface area contributed by atoms with Crippen molar-refractivity contribution in [3.05, 3.63) is 29.8 Å². The first-order chi connectivity index (χ1) is 9.79. The molecule has 21 heavy (non-hydrogen) atoms. The van der Waals surface area contributed by atoms with E-state index in [1.54, 1.807) is 0 Å². The highest BCUT2D eigenvalue weighted by molar-refractivity contribution is 5.86. The molecule has 0 spiro atoms. The van der Waals surface area contributed by atoms with E-state index in [4.69, 9.17) is 0 Å². The number of anilines is 1. The van der Waals surface area contributed by atoms with Gasteiger partial charge in [0.2, 0.25) is 0 Å². The third-order valence-corrected chi connectivity index (χ3v) is 3.64. The van der Waals surface area contributed by atoms with Gasteiger partial charge in [-0.2, -0.15) is 13.2 Å². The number of likely N-dealkylation sites (tertiary alicyclic amines) is 1. The second kappa shape index (κ2) is 5.93. The number of rotatable bonds is 2. The summed E-state index contributed by atoms with van der Waals surface area (Å²) in [6.45, 7) is 1.48. The van der Waals surface area contributed by atoms with Crippen LogP contribution in [0, 0.1) is 0 Å². The van der Waals surface area contributed by atoms with Crippen LogP contribution in [0.15, 0.2) is 24.3 Å². The minimum absolute atomic E-state index is 0.238. The fourth-order valence-corrected chi connectivity index (χ4v) is 2.64. The van der Waals surface area contributed by atoms with Crippen molar-refractivity contribution in [1.82, 2.24) is 4.90 Å². The molecule has 1 aliphatic heterocycles. The lowest BCUT2D eigenvalue weighted by molar-refractivity contribution is -0.137. The lowest BCUT2D eigenvalue weighted by Gasteiger charge is -2.36. The Kier molecular flexibility index (Phi) is 4.41. The highest BCUT2D eigenvalue weighted by Gasteiger charge is 2.32. The van der Waals surface area contributed by atoms with Crippen LogP contribution < -0.4 is 4.90 Å². The first kappa shape index (κ1) is 15.6. The Balaban J connectivity index is 2.24. The summed E-state index contributed by atoms with van der Waals surface area (Å²) in [5, 5.41) is 9.38. The molecule has 1 aromatic carbocycles. The predicted molar refractivity (Wildman–Crippen MR) is 72.5 cm³/mol. The zero-order chi connectivity index (χ0) is 15.6. The lowest BCUT2D eigenvalue weighted by Crippen LogP contribution is -2.49. The zero-order valence-corrected chi connectivity index (χ0v) is 11.6. The van der Waals surface area contributed by atoms with E-state index in [1.165, 1.54) is 12.1 Å². The Labute approximate surface area is 120 Å². The molecule has 1 aromatic rings. The second-order valence-corrected chi connectivity index (χ2v) is 5.26. The second-order valence-electron chi connectivity index (χ2n) is 5.26. The summed E-state index contributed by atoms with van der Waals surface area (Å²) in [7, 11) is 1.90. The highest BCUT2D eigenvalue weighted by atomic mass is 19.4. The number of nitrogens with zero attached hydrogens (tertiary/aromatic N) is 2. The smallest absolute Gasteiger partial charge is 0.416 e. The van der Waals surface area contributed by atoms with E-state index in [0.29, 0.717) is 13.0 Å². The number of hydrogen-bond donors (Lipinski definition) is 1. The van der Waals surface area contributed by atoms with Gasteiger partial charge < -0.3 is 10.0 Å². The number of carbonyl (C=O) groups is 1. The van der Waals surface area contributed by atoms with E-state index in [0.717, 1.165) is 30.0 Å². The van der Waals surface area contributed by atoms with Gasteiger partial charge in [-0.25, -0.2) is 4.79 Å². The molecular formula is C14H17F3N2O2. The van der Waals surface area contributed by atoms with Gasteiger partial charge in [-0.05, 0) is 50.7 Å². The molecule has 1 saturated heterocycles. The quantitative estimate of drug-likeness (QED) is 0.911. The molecule has 0 saturated carbocycles. The maximum absolute atomic E-state index is 12.5. The highest BCUT2D eigenvalue weighted by Crippen LogP contribution is 2.31. The van der Waals surface area contributed by atoms with Crippen LogP contribution >= 0.6 is 0 Å². The Morgan fingerprint density at radius 3 is 2.43 bits per heavy atom. The number of carboxylic acid groups (broad SMARTS) is 1. The van der Waals surface area contributed by atoms with Crippen LogP contribution in [0.1, 0.15) is 18.4 Å². The van der Waals surface area contributed by atoms with Gasteiger partial charge in [0.25, 0.3) is 0 Å². The van der Waals surface area contributed by atoms with E-state index in [-0.39, 0.29) is 11.7 Å². The van der Waals surface area contributed by atoms with E-state index >= 15 is 0 Å². The lowest BCUT2D eigenvalue weighted by atomic mass is 10.0. The van der Waals surface area contributed by atoms with Gasteiger partial charge in [-0.1, -0.05) is 0 Å². The minimum atomic E-state index is -4.42. The third-order valence-electron chi connectivity index (χ3n) is 3.64. The average Bonchev–Trinajstić information content (AvgIpc) is 2.38. The summed E-state index contributed by atoms with van der Waals surface area (Å²) in [4.78, 5) is 14.7. The Morgan fingerprint density at radius 1 is 1.33 bits per heavy atom. The Hall–Kier alpha value is -1.76. The van der Waals surface area contributed by atoms with Crippen molar-refractivity contribution in [1.29, 1.82) is 0 Å². The average molecular weight is 302 g/mol. The topological polar surface area (TPSA) is 43.8 Å². The van der Waals surface area contributed by atoms with E-state index in [9.17, 15) is 23.1 Å². The standard InChI is InChI=1S/C14H17F3N2O2/c1-18-8-2-3-12(9-18)19(13(20)21)11-6-4-10(5-7-11)14(15,16)17/h4-7,12H,2-3,8-9H2,1H3,(H,20,21)/t12-/m0/s1. The van der Waals surface area contributed by atoms with Gasteiger partial charge in [0, 0.05) is 12.2 Å². The van der Waals surface area contributed by atoms with Crippen LogP contribution in [0.2, 0.25) is 0 Å². The van der Waals surface area contributed by atoms with Gasteiger partial charge in [0.05, 0.1) is 11.6 Å². The van der Waals surface area contributed by atoms with Crippen LogP contribution in [-0.4, -0.2) is 42.3 Å². The largest absolute Gasteiger partial charge is 0.465 e. The fraction of sp³-hybridized carbons (Fsp3) is 0.500. The normalized spacial score (nSPS) is 20.3. The van der Waals surface area contributed by atoms with E-state index < -0.39 is 17.8 Å². The van der Waals surface area contributed by atoms with Crippen molar-refractivity contribution in [2.75, 3.05) is 25.0 Å². The monoisotopic (exact) mass is 302 g/mol. The number of amides is 1. The van der Waals surface area contributed by atoms with Crippen molar-refractivity contribution < 1.29 is 23.1 Å². The third kappa shape index (κ3) is 3.66. The molecule has 0 unspecified atom stereocenters. The van der Waals surface area contributed by atoms with Gasteiger partial charge in [0.15, 0.2) is 0 Å². The van der Waals surface area contributed by atoms with Crippen molar-refractivity contribution in [3.63, 3.8) is 0 Å². The van der Waals surface area contributed by atoms with Gasteiger partial charge >= 0.3 is 12.3 Å². The molecule has 116 valence electrons. The SMILES string of the molecule is CN1CCC[C@H](N(C(=O)O)c2ccc(C(F)(F)F)cc2)C1. The molecule has 1 N–H and O–H groups in total. The summed E-state index contributed by atoms with van der Waals surface area (Å²) in [6, 6.07) is 4.02. The molecule has 4 nitrogen and oxygen atoms in total. The van der Waals surface area contributed by atoms with Gasteiger partial charge in [0.1, 0.15) is 0 Å². The fourth-order valence-electron chi connectivity index (χ4n) is 2.64. The molecule has 2 rings (SSSR count). The Bertz CT molecular complexity index is 502. The number of hydrogen-bond acceptors (Lipinski definition) is 2. The minimum Gasteiger partial charge on any atom is -0.465 e. The molecule has 0 bridgehead atoms. The first-order valence-corrected chi connectivity index (χ1v) is 6.67. The maximum Gasteiger partial charge on any atom is 0.416 e. The number of alkyl halides is 3. The summed E-state index contributed by atoms with van der Waals surface area (Å²) in [5.74, 6) is 0. The van der Waals surface area contributed by atoms with Crippen LogP contribution in [0.4, 0.5) is 23.7 Å². The van der Waals surface area contributed by atoms with Crippen molar-refractivity contribution in [2.45, 2.75) is 25.1 Å². The molecule has 0 radical (unpaired) electrons. The number of piperidine rings is 1. The maximum atomic E-state index is 12.5. The van der Waals surface area contributed by atoms with Crippen LogP contribution in [-0.2, 0) is 6.18 Å². The zero-order valence-electron chi connectivity index (χ0n) is 11.6. The molecule has 0 aliphatic carbocycles. The molecule has 1 fully saturated rings. The molecular weight excluding hydrogens is 285 g/mol. The molecule has 1 aliphatic rings. The molecule has 1 heterocycles. The van der Waals surface area contributed by atoms with E-state index in [1.807, 2.05) is 11.9 Å². The van der Waals surface area contributed by atoms with Crippen molar-refractivity contribution >= 4 is 11.8 Å². The summed E-state index contributed by atoms with van der Waals surface area (Å²) in [6.07, 6.45) is -3.99. The molecule has 1 atom stereocenters. The van der Waals surface area contributed by atoms with Gasteiger partial charge in [-0.15, -0.1) is 0 Å². The van der Waals surface area contributed by atoms with E-state index in [2.05, 4.69) is 0 Å². The number of halogens is 3. The predicted octanol–water partition coefficient (Wildman–Crippen LogP) is 3.28. The molecule has 0 aromatic heterocycles. The van der Waals surface area contributed by atoms with Crippen LogP contribution in [0.25, 0.3) is 0 Å². The van der Waals surface area contributed by atoms with Crippen molar-refractivity contribution in [2.24, 2.45) is 0 Å². The van der Waals surface area contributed by atoms with Crippen LogP contribution in [0.5, 0.6) is 0 Å². The van der Waals surface area contributed by atoms with Crippen LogP contribution in [0.3, 0.4) is 0 Å². The summed E-state index contributed by atoms with van der Waals surface area (Å²) >= 11 is 0. The van der Waals surface area contributed by atoms with Crippen molar-refractivity contribution in [3.8, 4) is 0 Å². The van der Waals surface area contributed by atoms with Gasteiger partial charge in [-0.3, -0.25) is 4.90 Å². The number of benzene rings is 1. The summed E-state index contributed by atoms with van der Waals surface area (Å²) in [5.41, 5.74) is -0.506. The Morgan fingerprint density at radius 2 is 1.95 bits per heavy atom.